The van der Waals surface area contributed by atoms with Crippen molar-refractivity contribution in [1.29, 1.82) is 0 Å². The van der Waals surface area contributed by atoms with Gasteiger partial charge in [0.15, 0.2) is 0 Å². The number of ether oxygens (including phenoxy) is 3. The van der Waals surface area contributed by atoms with Crippen molar-refractivity contribution in [3.8, 4) is 5.75 Å². The molecule has 2 aliphatic rings. The van der Waals surface area contributed by atoms with E-state index >= 15 is 0 Å². The summed E-state index contributed by atoms with van der Waals surface area (Å²) in [5, 5.41) is 3.57. The Balaban J connectivity index is 1.90. The predicted octanol–water partition coefficient (Wildman–Crippen LogP) is 1.26. The van der Waals surface area contributed by atoms with E-state index in [2.05, 4.69) is 30.4 Å². The van der Waals surface area contributed by atoms with Crippen LogP contribution >= 0.6 is 0 Å². The van der Waals surface area contributed by atoms with E-state index < -0.39 is 0 Å². The molecule has 4 nitrogen and oxygen atoms in total. The second-order valence-electron chi connectivity index (χ2n) is 5.41. The Morgan fingerprint density at radius 3 is 2.68 bits per heavy atom. The lowest BCUT2D eigenvalue weighted by molar-refractivity contribution is -0.101. The number of benzene rings is 1. The molecule has 1 unspecified atom stereocenters. The summed E-state index contributed by atoms with van der Waals surface area (Å²) in [6, 6.07) is 6.76. The summed E-state index contributed by atoms with van der Waals surface area (Å²) in [5.41, 5.74) is 2.54. The van der Waals surface area contributed by atoms with Crippen LogP contribution in [0, 0.1) is 6.92 Å². The number of methoxy groups -OCH3 is 1. The molecule has 0 aliphatic carbocycles. The molecule has 0 bridgehead atoms. The normalized spacial score (nSPS) is 25.7. The van der Waals surface area contributed by atoms with Crippen molar-refractivity contribution in [2.24, 2.45) is 0 Å². The Kier molecular flexibility index (Phi) is 3.48. The Bertz CT molecular complexity index is 451. The van der Waals surface area contributed by atoms with E-state index in [0.29, 0.717) is 6.04 Å². The number of hydrogen-bond acceptors (Lipinski definition) is 4. The van der Waals surface area contributed by atoms with Crippen molar-refractivity contribution in [2.75, 3.05) is 40.1 Å². The number of morpholine rings is 1. The minimum atomic E-state index is 0.0530. The molecule has 1 aromatic rings. The van der Waals surface area contributed by atoms with E-state index in [4.69, 9.17) is 14.2 Å². The van der Waals surface area contributed by atoms with Gasteiger partial charge in [0, 0.05) is 12.6 Å². The van der Waals surface area contributed by atoms with Crippen LogP contribution in [0.1, 0.15) is 11.1 Å². The van der Waals surface area contributed by atoms with Crippen LogP contribution in [0.5, 0.6) is 5.75 Å². The molecule has 0 spiro atoms. The molecule has 1 aromatic carbocycles. The summed E-state index contributed by atoms with van der Waals surface area (Å²) in [5.74, 6) is 0.937. The molecule has 2 fully saturated rings. The summed E-state index contributed by atoms with van der Waals surface area (Å²) >= 11 is 0. The molecule has 0 saturated carbocycles. The molecule has 2 heterocycles. The average molecular weight is 263 g/mol. The van der Waals surface area contributed by atoms with Gasteiger partial charge in [-0.05, 0) is 24.1 Å². The van der Waals surface area contributed by atoms with Crippen LogP contribution in [-0.4, -0.2) is 46.1 Å². The summed E-state index contributed by atoms with van der Waals surface area (Å²) in [7, 11) is 1.71. The van der Waals surface area contributed by atoms with E-state index in [1.54, 1.807) is 7.11 Å². The number of rotatable bonds is 3. The summed E-state index contributed by atoms with van der Waals surface area (Å²) < 4.78 is 16.5. The summed E-state index contributed by atoms with van der Waals surface area (Å²) in [6.45, 7) is 6.09. The van der Waals surface area contributed by atoms with Crippen molar-refractivity contribution in [1.82, 2.24) is 5.32 Å². The standard InChI is InChI=1S/C15H21NO3/c1-11-7-12(3-4-13(11)17-2)15(9-19-10-15)14-8-18-6-5-16-14/h3-4,7,14,16H,5-6,8-10H2,1-2H3. The zero-order valence-electron chi connectivity index (χ0n) is 11.6. The lowest BCUT2D eigenvalue weighted by Gasteiger charge is -2.49. The second-order valence-corrected chi connectivity index (χ2v) is 5.41. The van der Waals surface area contributed by atoms with Gasteiger partial charge in [-0.1, -0.05) is 12.1 Å². The molecule has 1 N–H and O–H groups in total. The first-order valence-electron chi connectivity index (χ1n) is 6.80. The first-order chi connectivity index (χ1) is 9.26. The zero-order valence-corrected chi connectivity index (χ0v) is 11.6. The van der Waals surface area contributed by atoms with E-state index in [9.17, 15) is 0 Å². The van der Waals surface area contributed by atoms with Gasteiger partial charge < -0.3 is 19.5 Å². The zero-order chi connectivity index (χ0) is 13.3. The molecule has 4 heteroatoms. The van der Waals surface area contributed by atoms with Crippen molar-refractivity contribution >= 4 is 0 Å². The van der Waals surface area contributed by atoms with Crippen molar-refractivity contribution in [3.05, 3.63) is 29.3 Å². The Labute approximate surface area is 114 Å². The van der Waals surface area contributed by atoms with Gasteiger partial charge in [0.1, 0.15) is 5.75 Å². The molecular formula is C15H21NO3. The van der Waals surface area contributed by atoms with Crippen LogP contribution < -0.4 is 10.1 Å². The lowest BCUT2D eigenvalue weighted by atomic mass is 9.72. The monoisotopic (exact) mass is 263 g/mol. The first kappa shape index (κ1) is 12.9. The Morgan fingerprint density at radius 1 is 1.32 bits per heavy atom. The highest BCUT2D eigenvalue weighted by atomic mass is 16.5. The lowest BCUT2D eigenvalue weighted by Crippen LogP contribution is -2.63. The average Bonchev–Trinajstić information content (AvgIpc) is 2.39. The van der Waals surface area contributed by atoms with Gasteiger partial charge in [0.2, 0.25) is 0 Å². The third-order valence-electron chi connectivity index (χ3n) is 4.28. The van der Waals surface area contributed by atoms with Crippen LogP contribution in [0.3, 0.4) is 0 Å². The topological polar surface area (TPSA) is 39.7 Å². The SMILES string of the molecule is COc1ccc(C2(C3COCCN3)COC2)cc1C. The Hall–Kier alpha value is -1.10. The molecule has 19 heavy (non-hydrogen) atoms. The molecule has 2 aliphatic heterocycles. The van der Waals surface area contributed by atoms with Crippen LogP contribution in [-0.2, 0) is 14.9 Å². The molecule has 0 radical (unpaired) electrons. The van der Waals surface area contributed by atoms with Gasteiger partial charge in [0.05, 0.1) is 39.0 Å². The highest BCUT2D eigenvalue weighted by Gasteiger charge is 2.47. The van der Waals surface area contributed by atoms with E-state index in [-0.39, 0.29) is 5.41 Å². The third-order valence-corrected chi connectivity index (χ3v) is 4.28. The number of hydrogen-bond donors (Lipinski definition) is 1. The van der Waals surface area contributed by atoms with Crippen molar-refractivity contribution in [2.45, 2.75) is 18.4 Å². The van der Waals surface area contributed by atoms with Crippen LogP contribution in [0.15, 0.2) is 18.2 Å². The third kappa shape index (κ3) is 2.14. The minimum absolute atomic E-state index is 0.0530. The van der Waals surface area contributed by atoms with Gasteiger partial charge >= 0.3 is 0 Å². The molecule has 1 atom stereocenters. The van der Waals surface area contributed by atoms with E-state index in [0.717, 1.165) is 38.7 Å². The fourth-order valence-electron chi connectivity index (χ4n) is 3.00. The molecular weight excluding hydrogens is 242 g/mol. The van der Waals surface area contributed by atoms with Gasteiger partial charge in [-0.2, -0.15) is 0 Å². The van der Waals surface area contributed by atoms with E-state index in [1.165, 1.54) is 11.1 Å². The maximum absolute atomic E-state index is 5.62. The summed E-state index contributed by atoms with van der Waals surface area (Å²) in [6.07, 6.45) is 0. The fraction of sp³-hybridized carbons (Fsp3) is 0.600. The van der Waals surface area contributed by atoms with Crippen LogP contribution in [0.4, 0.5) is 0 Å². The molecule has 104 valence electrons. The van der Waals surface area contributed by atoms with Gasteiger partial charge in [0.25, 0.3) is 0 Å². The molecule has 2 saturated heterocycles. The minimum Gasteiger partial charge on any atom is -0.496 e. The number of nitrogens with one attached hydrogen (secondary N) is 1. The van der Waals surface area contributed by atoms with Crippen molar-refractivity contribution < 1.29 is 14.2 Å². The fourth-order valence-corrected chi connectivity index (χ4v) is 3.00. The predicted molar refractivity (Wildman–Crippen MR) is 72.8 cm³/mol. The smallest absolute Gasteiger partial charge is 0.121 e. The van der Waals surface area contributed by atoms with Gasteiger partial charge in [-0.3, -0.25) is 0 Å². The van der Waals surface area contributed by atoms with Crippen molar-refractivity contribution in [3.63, 3.8) is 0 Å². The van der Waals surface area contributed by atoms with Gasteiger partial charge in [-0.25, -0.2) is 0 Å². The number of aryl methyl sites for hydroxylation is 1. The Morgan fingerprint density at radius 2 is 2.16 bits per heavy atom. The van der Waals surface area contributed by atoms with Gasteiger partial charge in [-0.15, -0.1) is 0 Å². The molecule has 3 rings (SSSR count). The summed E-state index contributed by atoms with van der Waals surface area (Å²) in [4.78, 5) is 0. The van der Waals surface area contributed by atoms with E-state index in [1.807, 2.05) is 0 Å². The molecule has 0 amide bonds. The highest BCUT2D eigenvalue weighted by Crippen LogP contribution is 2.38. The highest BCUT2D eigenvalue weighted by molar-refractivity contribution is 5.41. The van der Waals surface area contributed by atoms with Crippen LogP contribution in [0.2, 0.25) is 0 Å². The van der Waals surface area contributed by atoms with Crippen LogP contribution in [0.25, 0.3) is 0 Å². The largest absolute Gasteiger partial charge is 0.496 e. The maximum Gasteiger partial charge on any atom is 0.121 e. The maximum atomic E-state index is 5.62. The quantitative estimate of drug-likeness (QED) is 0.891. The molecule has 0 aromatic heterocycles. The first-order valence-corrected chi connectivity index (χ1v) is 6.80. The second kappa shape index (κ2) is 5.12.